The Morgan fingerprint density at radius 2 is 1.25 bits per heavy atom. The summed E-state index contributed by atoms with van der Waals surface area (Å²) in [6, 6.07) is 0. The summed E-state index contributed by atoms with van der Waals surface area (Å²) in [6.07, 6.45) is 20.9. The first-order chi connectivity index (χ1) is 13.0. The first-order valence-electron chi connectivity index (χ1n) is 11.3. The minimum atomic E-state index is -3.96. The zero-order chi connectivity index (χ0) is 19.8. The Bertz CT molecular complexity index is 498. The predicted molar refractivity (Wildman–Crippen MR) is 115 cm³/mol. The van der Waals surface area contributed by atoms with Crippen molar-refractivity contribution in [1.29, 1.82) is 0 Å². The molecule has 1 aliphatic rings. The smallest absolute Gasteiger partial charge is 0.342 e. The van der Waals surface area contributed by atoms with E-state index in [2.05, 4.69) is 11.9 Å². The fraction of sp³-hybridized carbons (Fsp3) is 0.952. The van der Waals surface area contributed by atoms with Crippen molar-refractivity contribution in [1.82, 2.24) is 4.90 Å². The normalized spacial score (nSPS) is 14.2. The van der Waals surface area contributed by atoms with Crippen LogP contribution in [0.2, 0.25) is 0 Å². The Morgan fingerprint density at radius 3 is 1.68 bits per heavy atom. The van der Waals surface area contributed by atoms with Crippen LogP contribution in [0.25, 0.3) is 0 Å². The number of nitrogens with zero attached hydrogens (tertiary/aromatic N) is 2. The van der Waals surface area contributed by atoms with Crippen molar-refractivity contribution in [2.24, 2.45) is 4.99 Å². The number of hydrogen-bond donors (Lipinski definition) is 1. The average molecular weight is 426 g/mol. The number of hydrogen-bond acceptors (Lipinski definition) is 4. The van der Waals surface area contributed by atoms with Crippen LogP contribution in [0.5, 0.6) is 0 Å². The molecular weight excluding hydrogens is 383 g/mol. The molecule has 1 aliphatic heterocycles. The molecule has 0 saturated carbocycles. The standard InChI is InChI=1S/C21H42N2O3S.Na/c1-2-3-4-5-6-7-8-9-10-11-12-13-14-15-16-17-21-22-18-19-23(21)20-27(24,25)26;/h2-20H2,1H3,(H,24,25,26);/q;+1. The fourth-order valence-corrected chi connectivity index (χ4v) is 4.43. The third-order valence-electron chi connectivity index (χ3n) is 5.35. The van der Waals surface area contributed by atoms with Crippen molar-refractivity contribution in [2.45, 2.75) is 110 Å². The molecule has 0 atom stereocenters. The Balaban J connectivity index is 0.00000729. The van der Waals surface area contributed by atoms with E-state index in [0.29, 0.717) is 13.1 Å². The van der Waals surface area contributed by atoms with Gasteiger partial charge >= 0.3 is 29.6 Å². The van der Waals surface area contributed by atoms with E-state index < -0.39 is 10.1 Å². The summed E-state index contributed by atoms with van der Waals surface area (Å²) in [5.41, 5.74) is 0. The number of amidine groups is 1. The van der Waals surface area contributed by atoms with E-state index in [1.54, 1.807) is 4.90 Å². The van der Waals surface area contributed by atoms with Gasteiger partial charge in [-0.25, -0.2) is 0 Å². The molecule has 0 unspecified atom stereocenters. The average Bonchev–Trinajstić information content (AvgIpc) is 3.03. The minimum absolute atomic E-state index is 0. The van der Waals surface area contributed by atoms with E-state index in [1.807, 2.05) is 0 Å². The second-order valence-corrected chi connectivity index (χ2v) is 9.39. The second kappa shape index (κ2) is 18.2. The van der Waals surface area contributed by atoms with Crippen LogP contribution in [-0.4, -0.2) is 42.7 Å². The van der Waals surface area contributed by atoms with Crippen LogP contribution in [0.3, 0.4) is 0 Å². The summed E-state index contributed by atoms with van der Waals surface area (Å²) in [6.45, 7) is 3.52. The third-order valence-corrected chi connectivity index (χ3v) is 5.99. The van der Waals surface area contributed by atoms with Gasteiger partial charge < -0.3 is 4.90 Å². The Hall–Kier alpha value is 0.380. The molecule has 0 aromatic rings. The molecule has 0 fully saturated rings. The van der Waals surface area contributed by atoms with Crippen molar-refractivity contribution >= 4 is 16.0 Å². The summed E-state index contributed by atoms with van der Waals surface area (Å²) in [7, 11) is -3.96. The molecule has 0 aliphatic carbocycles. The van der Waals surface area contributed by atoms with Gasteiger partial charge in [-0.15, -0.1) is 0 Å². The van der Waals surface area contributed by atoms with Crippen LogP contribution in [0.4, 0.5) is 0 Å². The van der Waals surface area contributed by atoms with Crippen molar-refractivity contribution in [3.8, 4) is 0 Å². The molecular formula is C21H42N2NaO3S+. The molecule has 160 valence electrons. The third kappa shape index (κ3) is 16.2. The van der Waals surface area contributed by atoms with Gasteiger partial charge in [0.2, 0.25) is 0 Å². The molecule has 7 heteroatoms. The van der Waals surface area contributed by atoms with Crippen molar-refractivity contribution in [2.75, 3.05) is 19.0 Å². The van der Waals surface area contributed by atoms with E-state index in [-0.39, 0.29) is 35.4 Å². The van der Waals surface area contributed by atoms with Gasteiger partial charge in [-0.1, -0.05) is 96.8 Å². The minimum Gasteiger partial charge on any atom is -0.342 e. The van der Waals surface area contributed by atoms with Crippen LogP contribution in [0.15, 0.2) is 4.99 Å². The van der Waals surface area contributed by atoms with E-state index in [1.165, 1.54) is 89.9 Å². The maximum Gasteiger partial charge on any atom is 1.00 e. The summed E-state index contributed by atoms with van der Waals surface area (Å²) in [4.78, 5) is 6.07. The van der Waals surface area contributed by atoms with E-state index >= 15 is 0 Å². The fourth-order valence-electron chi connectivity index (χ4n) is 3.76. The maximum atomic E-state index is 11.0. The summed E-state index contributed by atoms with van der Waals surface area (Å²) in [5.74, 6) is 0.534. The zero-order valence-corrected chi connectivity index (χ0v) is 21.3. The monoisotopic (exact) mass is 425 g/mol. The molecule has 0 aromatic carbocycles. The van der Waals surface area contributed by atoms with Gasteiger partial charge in [-0.3, -0.25) is 9.55 Å². The van der Waals surface area contributed by atoms with E-state index in [9.17, 15) is 8.42 Å². The molecule has 1 heterocycles. The van der Waals surface area contributed by atoms with E-state index in [0.717, 1.165) is 18.7 Å². The van der Waals surface area contributed by atoms with Crippen molar-refractivity contribution in [3.63, 3.8) is 0 Å². The summed E-state index contributed by atoms with van der Waals surface area (Å²) < 4.78 is 31.0. The van der Waals surface area contributed by atoms with Crippen molar-refractivity contribution in [3.05, 3.63) is 0 Å². The van der Waals surface area contributed by atoms with Crippen LogP contribution < -0.4 is 29.6 Å². The van der Waals surface area contributed by atoms with Gasteiger partial charge in [-0.2, -0.15) is 8.42 Å². The van der Waals surface area contributed by atoms with Crippen LogP contribution in [0, 0.1) is 0 Å². The number of unbranched alkanes of at least 4 members (excludes halogenated alkanes) is 14. The first kappa shape index (κ1) is 28.4. The Labute approximate surface area is 196 Å². The van der Waals surface area contributed by atoms with Gasteiger partial charge in [0, 0.05) is 13.0 Å². The van der Waals surface area contributed by atoms with Gasteiger partial charge in [-0.05, 0) is 6.42 Å². The number of rotatable bonds is 18. The molecule has 0 amide bonds. The molecule has 28 heavy (non-hydrogen) atoms. The van der Waals surface area contributed by atoms with Crippen LogP contribution >= 0.6 is 0 Å². The van der Waals surface area contributed by atoms with Gasteiger partial charge in [0.15, 0.2) is 0 Å². The topological polar surface area (TPSA) is 70.0 Å². The second-order valence-electron chi connectivity index (χ2n) is 7.97. The van der Waals surface area contributed by atoms with Crippen LogP contribution in [0.1, 0.15) is 110 Å². The first-order valence-corrected chi connectivity index (χ1v) is 12.9. The van der Waals surface area contributed by atoms with Gasteiger partial charge in [0.1, 0.15) is 5.88 Å². The molecule has 1 N–H and O–H groups in total. The quantitative estimate of drug-likeness (QED) is 0.208. The summed E-state index contributed by atoms with van der Waals surface area (Å²) in [5, 5.41) is 0. The molecule has 1 rings (SSSR count). The predicted octanol–water partition coefficient (Wildman–Crippen LogP) is 2.81. The van der Waals surface area contributed by atoms with Crippen molar-refractivity contribution < 1.29 is 42.5 Å². The maximum absolute atomic E-state index is 11.0. The molecule has 5 nitrogen and oxygen atoms in total. The number of aliphatic imine (C=N–C) groups is 1. The summed E-state index contributed by atoms with van der Waals surface area (Å²) >= 11 is 0. The van der Waals surface area contributed by atoms with E-state index in [4.69, 9.17) is 4.55 Å². The largest absolute Gasteiger partial charge is 1.00 e. The van der Waals surface area contributed by atoms with Gasteiger partial charge in [0.25, 0.3) is 10.1 Å². The molecule has 0 aromatic heterocycles. The zero-order valence-electron chi connectivity index (χ0n) is 18.5. The molecule has 0 spiro atoms. The van der Waals surface area contributed by atoms with Gasteiger partial charge in [0.05, 0.1) is 12.4 Å². The SMILES string of the molecule is CCCCCCCCCCCCCCCCCC1=NCCN1CS(=O)(=O)O.[Na+]. The molecule has 0 radical (unpaired) electrons. The van der Waals surface area contributed by atoms with Crippen LogP contribution in [-0.2, 0) is 10.1 Å². The molecule has 0 saturated heterocycles. The Kier molecular flexibility index (Phi) is 18.4. The molecule has 0 bridgehead atoms. The Morgan fingerprint density at radius 1 is 0.821 bits per heavy atom.